The Balaban J connectivity index is 1.69. The smallest absolute Gasteiger partial charge is 0.421 e. The normalized spacial score (nSPS) is 29.3. The van der Waals surface area contributed by atoms with Crippen LogP contribution in [0.1, 0.15) is 40.0 Å². The number of fused-ring (bicyclic) bond motifs is 2. The van der Waals surface area contributed by atoms with Crippen LogP contribution in [-0.2, 0) is 14.8 Å². The molecule has 0 radical (unpaired) electrons. The molecule has 2 aliphatic carbocycles. The van der Waals surface area contributed by atoms with Crippen LogP contribution in [0.4, 0.5) is 10.5 Å². The highest BCUT2D eigenvalue weighted by Gasteiger charge is 2.63. The van der Waals surface area contributed by atoms with Crippen molar-refractivity contribution in [3.63, 3.8) is 0 Å². The minimum absolute atomic E-state index is 0.0369. The Hall–Kier alpha value is -2.16. The Morgan fingerprint density at radius 1 is 1.27 bits per heavy atom. The van der Waals surface area contributed by atoms with Crippen LogP contribution in [0.5, 0.6) is 0 Å². The molecule has 2 bridgehead atoms. The molecule has 1 amide bonds. The van der Waals surface area contributed by atoms with E-state index in [2.05, 4.69) is 20.8 Å². The van der Waals surface area contributed by atoms with Gasteiger partial charge in [-0.05, 0) is 42.7 Å². The number of benzene rings is 1. The number of amides is 1. The second-order valence-electron chi connectivity index (χ2n) is 7.86. The van der Waals surface area contributed by atoms with Crippen LogP contribution in [0.15, 0.2) is 29.2 Å². The Kier molecular flexibility index (Phi) is 4.25. The van der Waals surface area contributed by atoms with Gasteiger partial charge in [-0.3, -0.25) is 10.1 Å². The number of sulfonamides is 1. The van der Waals surface area contributed by atoms with Crippen LogP contribution in [0.2, 0.25) is 0 Å². The second kappa shape index (κ2) is 5.94. The third-order valence-electron chi connectivity index (χ3n) is 6.54. The lowest BCUT2D eigenvalue weighted by molar-refractivity contribution is -0.384. The van der Waals surface area contributed by atoms with Crippen molar-refractivity contribution in [2.24, 2.45) is 16.7 Å². The van der Waals surface area contributed by atoms with Crippen molar-refractivity contribution < 1.29 is 22.9 Å². The fraction of sp³-hybridized carbons (Fsp3) is 0.588. The second-order valence-corrected chi connectivity index (χ2v) is 9.54. The van der Waals surface area contributed by atoms with Crippen molar-refractivity contribution in [3.8, 4) is 0 Å². The lowest BCUT2D eigenvalue weighted by Crippen LogP contribution is -2.41. The molecule has 26 heavy (non-hydrogen) atoms. The first-order chi connectivity index (χ1) is 12.0. The highest BCUT2D eigenvalue weighted by molar-refractivity contribution is 7.90. The van der Waals surface area contributed by atoms with E-state index in [4.69, 9.17) is 4.74 Å². The van der Waals surface area contributed by atoms with Crippen LogP contribution >= 0.6 is 0 Å². The summed E-state index contributed by atoms with van der Waals surface area (Å²) in [5, 5.41) is 10.6. The summed E-state index contributed by atoms with van der Waals surface area (Å²) in [6.07, 6.45) is 1.42. The molecule has 0 saturated heterocycles. The summed E-state index contributed by atoms with van der Waals surface area (Å²) in [5.41, 5.74) is -0.370. The van der Waals surface area contributed by atoms with Crippen LogP contribution in [0.3, 0.4) is 0 Å². The van der Waals surface area contributed by atoms with Gasteiger partial charge in [0.25, 0.3) is 15.7 Å². The molecule has 2 fully saturated rings. The average molecular weight is 382 g/mol. The van der Waals surface area contributed by atoms with Crippen LogP contribution < -0.4 is 4.72 Å². The molecular weight excluding hydrogens is 360 g/mol. The summed E-state index contributed by atoms with van der Waals surface area (Å²) in [6.45, 7) is 6.42. The highest BCUT2D eigenvalue weighted by Crippen LogP contribution is 2.66. The number of carbonyl (C=O) groups excluding carboxylic acids is 1. The van der Waals surface area contributed by atoms with Crippen LogP contribution in [0.25, 0.3) is 0 Å². The summed E-state index contributed by atoms with van der Waals surface area (Å²) in [6, 6.07) is 4.30. The van der Waals surface area contributed by atoms with Gasteiger partial charge in [0.1, 0.15) is 6.10 Å². The third-order valence-corrected chi connectivity index (χ3v) is 7.87. The van der Waals surface area contributed by atoms with Crippen molar-refractivity contribution >= 4 is 21.8 Å². The van der Waals surface area contributed by atoms with Gasteiger partial charge in [0.15, 0.2) is 0 Å². The van der Waals surface area contributed by atoms with E-state index in [1.165, 1.54) is 0 Å². The Morgan fingerprint density at radius 3 is 2.35 bits per heavy atom. The fourth-order valence-corrected chi connectivity index (χ4v) is 5.26. The lowest BCUT2D eigenvalue weighted by atomic mass is 9.70. The van der Waals surface area contributed by atoms with E-state index >= 15 is 0 Å². The maximum Gasteiger partial charge on any atom is 0.421 e. The van der Waals surface area contributed by atoms with E-state index in [0.29, 0.717) is 5.92 Å². The fourth-order valence-electron chi connectivity index (χ4n) is 4.38. The highest BCUT2D eigenvalue weighted by atomic mass is 32.2. The number of nitrogens with one attached hydrogen (secondary N) is 1. The van der Waals surface area contributed by atoms with E-state index < -0.39 is 21.0 Å². The van der Waals surface area contributed by atoms with Gasteiger partial charge in [-0.15, -0.1) is 0 Å². The van der Waals surface area contributed by atoms with Gasteiger partial charge >= 0.3 is 6.09 Å². The number of ether oxygens (including phenoxy) is 1. The molecule has 0 aromatic heterocycles. The quantitative estimate of drug-likeness (QED) is 0.631. The molecule has 0 spiro atoms. The van der Waals surface area contributed by atoms with Gasteiger partial charge < -0.3 is 4.74 Å². The molecule has 3 unspecified atom stereocenters. The maximum atomic E-state index is 12.3. The predicted octanol–water partition coefficient (Wildman–Crippen LogP) is 3.22. The summed E-state index contributed by atoms with van der Waals surface area (Å²) in [7, 11) is -4.15. The zero-order valence-corrected chi connectivity index (χ0v) is 15.7. The minimum Gasteiger partial charge on any atom is -0.445 e. The lowest BCUT2D eigenvalue weighted by Gasteiger charge is -2.38. The first kappa shape index (κ1) is 18.6. The first-order valence-corrected chi connectivity index (χ1v) is 9.93. The van der Waals surface area contributed by atoms with Gasteiger partial charge in [0.05, 0.1) is 9.82 Å². The summed E-state index contributed by atoms with van der Waals surface area (Å²) >= 11 is 0. The minimum atomic E-state index is -4.15. The van der Waals surface area contributed by atoms with E-state index in [-0.39, 0.29) is 27.5 Å². The molecule has 8 nitrogen and oxygen atoms in total. The molecule has 3 atom stereocenters. The molecule has 1 N–H and O–H groups in total. The number of nitro groups is 1. The standard InChI is InChI=1S/C17H22N2O6S/c1-16(2)11-8-9-17(16,3)14(10-11)25-15(20)18-26(23,24)13-6-4-12(5-7-13)19(21)22/h4-7,11,14H,8-10H2,1-3H3,(H,18,20). The van der Waals surface area contributed by atoms with Crippen molar-refractivity contribution in [1.29, 1.82) is 0 Å². The van der Waals surface area contributed by atoms with Crippen molar-refractivity contribution in [3.05, 3.63) is 34.4 Å². The zero-order valence-electron chi connectivity index (χ0n) is 14.9. The van der Waals surface area contributed by atoms with Gasteiger partial charge in [0.2, 0.25) is 0 Å². The van der Waals surface area contributed by atoms with Crippen molar-refractivity contribution in [1.82, 2.24) is 4.72 Å². The average Bonchev–Trinajstić information content (AvgIpc) is 2.87. The first-order valence-electron chi connectivity index (χ1n) is 8.45. The molecular formula is C17H22N2O6S. The van der Waals surface area contributed by atoms with Gasteiger partial charge in [-0.1, -0.05) is 20.8 Å². The molecule has 9 heteroatoms. The molecule has 2 saturated carbocycles. The number of nitrogens with zero attached hydrogens (tertiary/aromatic N) is 1. The van der Waals surface area contributed by atoms with Crippen LogP contribution in [-0.4, -0.2) is 25.5 Å². The predicted molar refractivity (Wildman–Crippen MR) is 92.9 cm³/mol. The molecule has 0 heterocycles. The van der Waals surface area contributed by atoms with E-state index in [0.717, 1.165) is 43.5 Å². The molecule has 3 rings (SSSR count). The van der Waals surface area contributed by atoms with Crippen molar-refractivity contribution in [2.75, 3.05) is 0 Å². The maximum absolute atomic E-state index is 12.3. The van der Waals surface area contributed by atoms with Gasteiger partial charge in [0, 0.05) is 17.5 Å². The van der Waals surface area contributed by atoms with Gasteiger partial charge in [-0.2, -0.15) is 0 Å². The number of rotatable bonds is 4. The third kappa shape index (κ3) is 2.84. The molecule has 142 valence electrons. The summed E-state index contributed by atoms with van der Waals surface area (Å²) in [5.74, 6) is 0.455. The number of hydrogen-bond acceptors (Lipinski definition) is 6. The molecule has 1 aromatic carbocycles. The summed E-state index contributed by atoms with van der Waals surface area (Å²) in [4.78, 5) is 22.0. The Bertz CT molecular complexity index is 849. The summed E-state index contributed by atoms with van der Waals surface area (Å²) < 4.78 is 31.9. The monoisotopic (exact) mass is 382 g/mol. The molecule has 1 aromatic rings. The van der Waals surface area contributed by atoms with Crippen LogP contribution in [0, 0.1) is 26.9 Å². The zero-order chi connectivity index (χ0) is 19.3. The van der Waals surface area contributed by atoms with Gasteiger partial charge in [-0.25, -0.2) is 17.9 Å². The number of hydrogen-bond donors (Lipinski definition) is 1. The molecule has 2 aliphatic rings. The molecule has 0 aliphatic heterocycles. The number of carbonyl (C=O) groups is 1. The van der Waals surface area contributed by atoms with E-state index in [1.807, 2.05) is 4.72 Å². The van der Waals surface area contributed by atoms with E-state index in [1.54, 1.807) is 0 Å². The van der Waals surface area contributed by atoms with E-state index in [9.17, 15) is 23.3 Å². The Labute approximate surface area is 152 Å². The number of non-ortho nitro benzene ring substituents is 1. The largest absolute Gasteiger partial charge is 0.445 e. The topological polar surface area (TPSA) is 116 Å². The Morgan fingerprint density at radius 2 is 1.88 bits per heavy atom. The number of nitro benzene ring substituents is 1. The van der Waals surface area contributed by atoms with Crippen molar-refractivity contribution in [2.45, 2.75) is 51.0 Å². The SMILES string of the molecule is CC1(C)C2CCC1(C)C(OC(=O)NS(=O)(=O)c1ccc([N+](=O)[O-])cc1)C2.